The number of rotatable bonds is 4. The molecule has 2 atom stereocenters. The third kappa shape index (κ3) is 2.47. The Morgan fingerprint density at radius 3 is 3.10 bits per heavy atom. The molecule has 21 heavy (non-hydrogen) atoms. The summed E-state index contributed by atoms with van der Waals surface area (Å²) in [4.78, 5) is 4.16. The number of fused-ring (bicyclic) bond motifs is 1. The summed E-state index contributed by atoms with van der Waals surface area (Å²) in [6.07, 6.45) is 9.53. The second-order valence-electron chi connectivity index (χ2n) is 5.75. The van der Waals surface area contributed by atoms with E-state index in [9.17, 15) is 0 Å². The Balaban J connectivity index is 1.46. The van der Waals surface area contributed by atoms with Crippen LogP contribution in [-0.4, -0.2) is 15.6 Å². The number of imidazole rings is 1. The molecule has 0 aliphatic heterocycles. The molecule has 1 saturated carbocycles. The van der Waals surface area contributed by atoms with Crippen LogP contribution >= 0.6 is 0 Å². The Labute approximate surface area is 123 Å². The number of hydrogen-bond acceptors (Lipinski definition) is 3. The molecule has 4 nitrogen and oxygen atoms in total. The molecule has 1 aliphatic rings. The molecule has 1 aliphatic carbocycles. The van der Waals surface area contributed by atoms with Gasteiger partial charge in [0.2, 0.25) is 0 Å². The molecule has 1 fully saturated rings. The van der Waals surface area contributed by atoms with E-state index in [1.165, 1.54) is 24.6 Å². The zero-order valence-corrected chi connectivity index (χ0v) is 11.9. The first-order chi connectivity index (χ1) is 10.4. The lowest BCUT2D eigenvalue weighted by atomic mass is 10.1. The highest BCUT2D eigenvalue weighted by Gasteiger charge is 2.28. The van der Waals surface area contributed by atoms with Crippen LogP contribution in [-0.2, 0) is 6.54 Å². The average Bonchev–Trinajstić information content (AvgIpc) is 3.23. The van der Waals surface area contributed by atoms with Gasteiger partial charge in [-0.15, -0.1) is 0 Å². The molecule has 4 heteroatoms. The minimum absolute atomic E-state index is 0.493. The zero-order valence-electron chi connectivity index (χ0n) is 11.9. The molecular formula is C17H19N3O. The fraction of sp³-hybridized carbons (Fsp3) is 0.353. The molecule has 108 valence electrons. The third-order valence-corrected chi connectivity index (χ3v) is 4.40. The van der Waals surface area contributed by atoms with E-state index in [-0.39, 0.29) is 0 Å². The van der Waals surface area contributed by atoms with Gasteiger partial charge < -0.3 is 14.3 Å². The maximum atomic E-state index is 5.87. The van der Waals surface area contributed by atoms with Gasteiger partial charge in [-0.05, 0) is 31.4 Å². The summed E-state index contributed by atoms with van der Waals surface area (Å²) >= 11 is 0. The number of para-hydroxylation sites is 1. The van der Waals surface area contributed by atoms with Gasteiger partial charge in [0.05, 0.1) is 12.9 Å². The van der Waals surface area contributed by atoms with Gasteiger partial charge in [0, 0.05) is 29.9 Å². The summed E-state index contributed by atoms with van der Waals surface area (Å²) in [7, 11) is 0. The van der Waals surface area contributed by atoms with E-state index in [2.05, 4.69) is 33.2 Å². The summed E-state index contributed by atoms with van der Waals surface area (Å²) in [5, 5.41) is 4.83. The lowest BCUT2D eigenvalue weighted by Gasteiger charge is -2.21. The van der Waals surface area contributed by atoms with Gasteiger partial charge in [-0.2, -0.15) is 0 Å². The molecule has 1 N–H and O–H groups in total. The average molecular weight is 281 g/mol. The quantitative estimate of drug-likeness (QED) is 0.795. The summed E-state index contributed by atoms with van der Waals surface area (Å²) < 4.78 is 8.10. The van der Waals surface area contributed by atoms with Crippen molar-refractivity contribution >= 4 is 11.0 Å². The van der Waals surface area contributed by atoms with Crippen molar-refractivity contribution in [2.24, 2.45) is 0 Å². The van der Waals surface area contributed by atoms with Gasteiger partial charge in [0.25, 0.3) is 0 Å². The Morgan fingerprint density at radius 1 is 1.29 bits per heavy atom. The second-order valence-corrected chi connectivity index (χ2v) is 5.75. The van der Waals surface area contributed by atoms with E-state index in [4.69, 9.17) is 4.42 Å². The van der Waals surface area contributed by atoms with Gasteiger partial charge in [0.1, 0.15) is 11.3 Å². The van der Waals surface area contributed by atoms with E-state index in [1.54, 1.807) is 0 Å². The van der Waals surface area contributed by atoms with E-state index in [0.717, 1.165) is 17.9 Å². The summed E-state index contributed by atoms with van der Waals surface area (Å²) in [6.45, 7) is 0.782. The van der Waals surface area contributed by atoms with Crippen LogP contribution < -0.4 is 5.32 Å². The Hall–Kier alpha value is -2.07. The highest BCUT2D eigenvalue weighted by atomic mass is 16.3. The van der Waals surface area contributed by atoms with Crippen molar-refractivity contribution in [3.63, 3.8) is 0 Å². The van der Waals surface area contributed by atoms with E-state index >= 15 is 0 Å². The smallest absolute Gasteiger partial charge is 0.134 e. The maximum absolute atomic E-state index is 5.87. The van der Waals surface area contributed by atoms with Crippen molar-refractivity contribution in [2.75, 3.05) is 0 Å². The third-order valence-electron chi connectivity index (χ3n) is 4.40. The minimum atomic E-state index is 0.493. The fourth-order valence-electron chi connectivity index (χ4n) is 3.36. The molecule has 2 aromatic heterocycles. The highest BCUT2D eigenvalue weighted by Crippen LogP contribution is 2.30. The number of furan rings is 1. The first-order valence-corrected chi connectivity index (χ1v) is 7.58. The van der Waals surface area contributed by atoms with Crippen LogP contribution in [0, 0.1) is 0 Å². The highest BCUT2D eigenvalue weighted by molar-refractivity contribution is 5.77. The van der Waals surface area contributed by atoms with Crippen LogP contribution in [0.4, 0.5) is 0 Å². The number of hydrogen-bond donors (Lipinski definition) is 1. The minimum Gasteiger partial charge on any atom is -0.460 e. The first kappa shape index (κ1) is 12.7. The second kappa shape index (κ2) is 5.37. The van der Waals surface area contributed by atoms with Crippen molar-refractivity contribution < 1.29 is 4.42 Å². The predicted octanol–water partition coefficient (Wildman–Crippen LogP) is 3.51. The van der Waals surface area contributed by atoms with Crippen molar-refractivity contribution in [3.05, 3.63) is 54.8 Å². The molecule has 2 unspecified atom stereocenters. The lowest BCUT2D eigenvalue weighted by molar-refractivity contribution is 0.375. The van der Waals surface area contributed by atoms with Crippen LogP contribution in [0.5, 0.6) is 0 Å². The molecular weight excluding hydrogens is 262 g/mol. The normalized spacial score (nSPS) is 22.1. The zero-order chi connectivity index (χ0) is 14.1. The van der Waals surface area contributed by atoms with Gasteiger partial charge in [-0.1, -0.05) is 18.2 Å². The standard InChI is InChI=1S/C17H19N3O/c1-2-7-17-13(4-1)10-14(21-17)11-19-15-5-3-6-16(15)20-9-8-18-12-20/h1-2,4,7-10,12,15-16,19H,3,5-6,11H2. The van der Waals surface area contributed by atoms with Gasteiger partial charge in [0.15, 0.2) is 0 Å². The molecule has 0 bridgehead atoms. The van der Waals surface area contributed by atoms with Gasteiger partial charge >= 0.3 is 0 Å². The maximum Gasteiger partial charge on any atom is 0.134 e. The van der Waals surface area contributed by atoms with Crippen molar-refractivity contribution in [2.45, 2.75) is 37.9 Å². The summed E-state index contributed by atoms with van der Waals surface area (Å²) in [5.41, 5.74) is 0.965. The van der Waals surface area contributed by atoms with E-state index < -0.39 is 0 Å². The van der Waals surface area contributed by atoms with Crippen LogP contribution in [0.3, 0.4) is 0 Å². The lowest BCUT2D eigenvalue weighted by Crippen LogP contribution is -2.33. The molecule has 2 heterocycles. The monoisotopic (exact) mass is 281 g/mol. The predicted molar refractivity (Wildman–Crippen MR) is 82.0 cm³/mol. The fourth-order valence-corrected chi connectivity index (χ4v) is 3.36. The Bertz CT molecular complexity index is 684. The molecule has 1 aromatic carbocycles. The van der Waals surface area contributed by atoms with E-state index in [1.807, 2.05) is 30.7 Å². The number of nitrogens with zero attached hydrogens (tertiary/aromatic N) is 2. The summed E-state index contributed by atoms with van der Waals surface area (Å²) in [6, 6.07) is 11.3. The summed E-state index contributed by atoms with van der Waals surface area (Å²) in [5.74, 6) is 1.01. The van der Waals surface area contributed by atoms with Crippen molar-refractivity contribution in [1.82, 2.24) is 14.9 Å². The van der Waals surface area contributed by atoms with E-state index in [0.29, 0.717) is 12.1 Å². The SMILES string of the molecule is c1ccc2oc(CNC3CCCC3n3ccnc3)cc2c1. The van der Waals surface area contributed by atoms with Gasteiger partial charge in [-0.25, -0.2) is 4.98 Å². The van der Waals surface area contributed by atoms with Gasteiger partial charge in [-0.3, -0.25) is 0 Å². The van der Waals surface area contributed by atoms with Crippen LogP contribution in [0.2, 0.25) is 0 Å². The Morgan fingerprint density at radius 2 is 2.24 bits per heavy atom. The molecule has 0 saturated heterocycles. The molecule has 4 rings (SSSR count). The molecule has 3 aromatic rings. The topological polar surface area (TPSA) is 43.0 Å². The number of nitrogens with one attached hydrogen (secondary N) is 1. The van der Waals surface area contributed by atoms with Crippen LogP contribution in [0.1, 0.15) is 31.1 Å². The molecule has 0 spiro atoms. The first-order valence-electron chi connectivity index (χ1n) is 7.58. The number of aromatic nitrogens is 2. The Kier molecular flexibility index (Phi) is 3.24. The molecule has 0 radical (unpaired) electrons. The molecule has 0 amide bonds. The number of benzene rings is 1. The van der Waals surface area contributed by atoms with Crippen LogP contribution in [0.15, 0.2) is 53.5 Å². The van der Waals surface area contributed by atoms with Crippen molar-refractivity contribution in [3.8, 4) is 0 Å². The van der Waals surface area contributed by atoms with Crippen LogP contribution in [0.25, 0.3) is 11.0 Å². The largest absolute Gasteiger partial charge is 0.460 e. The van der Waals surface area contributed by atoms with Crippen molar-refractivity contribution in [1.29, 1.82) is 0 Å².